The van der Waals surface area contributed by atoms with Crippen LogP contribution in [0.5, 0.6) is 0 Å². The maximum atomic E-state index is 13.6. The summed E-state index contributed by atoms with van der Waals surface area (Å²) < 4.78 is 15.7. The van der Waals surface area contributed by atoms with Gasteiger partial charge in [0, 0.05) is 12.5 Å². The Morgan fingerprint density at radius 2 is 1.89 bits per heavy atom. The zero-order chi connectivity index (χ0) is 13.1. The number of rotatable bonds is 4. The molecule has 0 unspecified atom stereocenters. The quantitative estimate of drug-likeness (QED) is 0.809. The molecule has 0 aliphatic heterocycles. The summed E-state index contributed by atoms with van der Waals surface area (Å²) in [5, 5.41) is 8.93. The minimum absolute atomic E-state index is 0.198. The maximum absolute atomic E-state index is 13.6. The van der Waals surface area contributed by atoms with Crippen LogP contribution < -0.4 is 0 Å². The number of alkyl halides is 1. The van der Waals surface area contributed by atoms with Gasteiger partial charge >= 0.3 is 0 Å². The molecular weight excluding hydrogens is 297 g/mol. The molecule has 1 aromatic heterocycles. The lowest BCUT2D eigenvalue weighted by atomic mass is 10.1. The van der Waals surface area contributed by atoms with Crippen LogP contribution in [0.25, 0.3) is 0 Å². The van der Waals surface area contributed by atoms with E-state index in [-0.39, 0.29) is 11.9 Å². The van der Waals surface area contributed by atoms with Crippen LogP contribution >= 0.6 is 15.9 Å². The summed E-state index contributed by atoms with van der Waals surface area (Å²) in [4.78, 5) is 0. The standard InChI is InChI=1S/C13H15BrFN3/c1-9(2)18-12(16-17-13(18)8-14)7-10-5-3-4-6-11(10)15/h3-6,9H,7-8H2,1-2H3. The van der Waals surface area contributed by atoms with Crippen LogP contribution in [0.15, 0.2) is 24.3 Å². The van der Waals surface area contributed by atoms with E-state index in [0.29, 0.717) is 17.3 Å². The molecule has 1 heterocycles. The van der Waals surface area contributed by atoms with E-state index in [1.807, 2.05) is 10.6 Å². The van der Waals surface area contributed by atoms with Crippen molar-refractivity contribution in [3.05, 3.63) is 47.3 Å². The van der Waals surface area contributed by atoms with E-state index in [1.54, 1.807) is 12.1 Å². The largest absolute Gasteiger partial charge is 0.311 e. The molecule has 0 atom stereocenters. The molecule has 0 fully saturated rings. The lowest BCUT2D eigenvalue weighted by Crippen LogP contribution is -2.10. The first-order chi connectivity index (χ1) is 8.63. The van der Waals surface area contributed by atoms with Crippen LogP contribution in [0.4, 0.5) is 4.39 Å². The molecule has 18 heavy (non-hydrogen) atoms. The Hall–Kier alpha value is -1.23. The average molecular weight is 312 g/mol. The van der Waals surface area contributed by atoms with Crippen LogP contribution in [0, 0.1) is 5.82 Å². The molecule has 0 aliphatic carbocycles. The second kappa shape index (κ2) is 5.61. The van der Waals surface area contributed by atoms with Gasteiger partial charge in [0.25, 0.3) is 0 Å². The molecule has 96 valence electrons. The predicted octanol–water partition coefficient (Wildman–Crippen LogP) is 3.48. The van der Waals surface area contributed by atoms with Crippen molar-refractivity contribution in [2.24, 2.45) is 0 Å². The fourth-order valence-electron chi connectivity index (χ4n) is 1.98. The van der Waals surface area contributed by atoms with Crippen molar-refractivity contribution in [3.63, 3.8) is 0 Å². The van der Waals surface area contributed by atoms with Gasteiger partial charge in [-0.3, -0.25) is 0 Å². The SMILES string of the molecule is CC(C)n1c(CBr)nnc1Cc1ccccc1F. The second-order valence-corrected chi connectivity index (χ2v) is 4.96. The molecule has 0 aliphatic rings. The smallest absolute Gasteiger partial charge is 0.143 e. The summed E-state index contributed by atoms with van der Waals surface area (Å²) in [7, 11) is 0. The first-order valence-corrected chi connectivity index (χ1v) is 6.97. The van der Waals surface area contributed by atoms with Crippen molar-refractivity contribution < 1.29 is 4.39 Å². The molecular formula is C13H15BrFN3. The van der Waals surface area contributed by atoms with Crippen LogP contribution in [-0.2, 0) is 11.8 Å². The van der Waals surface area contributed by atoms with Gasteiger partial charge in [-0.1, -0.05) is 34.1 Å². The minimum Gasteiger partial charge on any atom is -0.311 e. The van der Waals surface area contributed by atoms with Gasteiger partial charge in [0.1, 0.15) is 17.5 Å². The number of aromatic nitrogens is 3. The third-order valence-electron chi connectivity index (χ3n) is 2.78. The highest BCUT2D eigenvalue weighted by atomic mass is 79.9. The number of hydrogen-bond acceptors (Lipinski definition) is 2. The van der Waals surface area contributed by atoms with Crippen LogP contribution in [0.2, 0.25) is 0 Å². The third kappa shape index (κ3) is 2.61. The zero-order valence-electron chi connectivity index (χ0n) is 10.4. The Kier molecular flexibility index (Phi) is 4.11. The molecule has 0 radical (unpaired) electrons. The molecule has 0 saturated heterocycles. The highest BCUT2D eigenvalue weighted by Gasteiger charge is 2.15. The summed E-state index contributed by atoms with van der Waals surface area (Å²) in [6.07, 6.45) is 0.463. The van der Waals surface area contributed by atoms with E-state index in [1.165, 1.54) is 6.07 Å². The summed E-state index contributed by atoms with van der Waals surface area (Å²) in [6, 6.07) is 7.03. The summed E-state index contributed by atoms with van der Waals surface area (Å²) in [5.74, 6) is 1.47. The van der Waals surface area contributed by atoms with E-state index < -0.39 is 0 Å². The molecule has 0 amide bonds. The van der Waals surface area contributed by atoms with Crippen molar-refractivity contribution in [2.45, 2.75) is 31.6 Å². The third-order valence-corrected chi connectivity index (χ3v) is 3.28. The Morgan fingerprint density at radius 3 is 2.50 bits per heavy atom. The van der Waals surface area contributed by atoms with Crippen molar-refractivity contribution in [3.8, 4) is 0 Å². The van der Waals surface area contributed by atoms with E-state index in [2.05, 4.69) is 40.0 Å². The normalized spacial score (nSPS) is 11.2. The molecule has 0 N–H and O–H groups in total. The van der Waals surface area contributed by atoms with Crippen molar-refractivity contribution in [2.75, 3.05) is 0 Å². The molecule has 0 spiro atoms. The van der Waals surface area contributed by atoms with Crippen molar-refractivity contribution in [1.29, 1.82) is 0 Å². The van der Waals surface area contributed by atoms with Gasteiger partial charge in [0.15, 0.2) is 0 Å². The number of nitrogens with zero attached hydrogens (tertiary/aromatic N) is 3. The van der Waals surface area contributed by atoms with Crippen LogP contribution in [-0.4, -0.2) is 14.8 Å². The molecule has 2 aromatic rings. The van der Waals surface area contributed by atoms with Gasteiger partial charge in [0.05, 0.1) is 5.33 Å². The molecule has 2 rings (SSSR count). The van der Waals surface area contributed by atoms with E-state index >= 15 is 0 Å². The second-order valence-electron chi connectivity index (χ2n) is 4.40. The van der Waals surface area contributed by atoms with Gasteiger partial charge < -0.3 is 4.57 Å². The Bertz CT molecular complexity index is 537. The first-order valence-electron chi connectivity index (χ1n) is 5.85. The lowest BCUT2D eigenvalue weighted by Gasteiger charge is -2.13. The molecule has 3 nitrogen and oxygen atoms in total. The lowest BCUT2D eigenvalue weighted by molar-refractivity contribution is 0.552. The Labute approximate surface area is 114 Å². The maximum Gasteiger partial charge on any atom is 0.143 e. The number of benzene rings is 1. The van der Waals surface area contributed by atoms with Gasteiger partial charge in [0.2, 0.25) is 0 Å². The molecule has 5 heteroatoms. The van der Waals surface area contributed by atoms with Crippen molar-refractivity contribution >= 4 is 15.9 Å². The van der Waals surface area contributed by atoms with Gasteiger partial charge in [-0.05, 0) is 25.5 Å². The topological polar surface area (TPSA) is 30.7 Å². The van der Waals surface area contributed by atoms with Gasteiger partial charge in [-0.25, -0.2) is 4.39 Å². The zero-order valence-corrected chi connectivity index (χ0v) is 12.0. The Balaban J connectivity index is 2.35. The fraction of sp³-hybridized carbons (Fsp3) is 0.385. The minimum atomic E-state index is -0.198. The van der Waals surface area contributed by atoms with Gasteiger partial charge in [-0.15, -0.1) is 10.2 Å². The summed E-state index contributed by atoms with van der Waals surface area (Å²) in [5.41, 5.74) is 0.646. The average Bonchev–Trinajstić information content (AvgIpc) is 2.75. The molecule has 0 bridgehead atoms. The van der Waals surface area contributed by atoms with E-state index in [4.69, 9.17) is 0 Å². The number of hydrogen-bond donors (Lipinski definition) is 0. The predicted molar refractivity (Wildman–Crippen MR) is 72.2 cm³/mol. The van der Waals surface area contributed by atoms with E-state index in [9.17, 15) is 4.39 Å². The highest BCUT2D eigenvalue weighted by molar-refractivity contribution is 9.08. The monoisotopic (exact) mass is 311 g/mol. The number of halogens is 2. The summed E-state index contributed by atoms with van der Waals surface area (Å²) in [6.45, 7) is 4.14. The molecule has 1 aromatic carbocycles. The molecule has 0 saturated carbocycles. The summed E-state index contributed by atoms with van der Waals surface area (Å²) >= 11 is 3.39. The van der Waals surface area contributed by atoms with Crippen LogP contribution in [0.3, 0.4) is 0 Å². The van der Waals surface area contributed by atoms with Gasteiger partial charge in [-0.2, -0.15) is 0 Å². The first kappa shape index (κ1) is 13.2. The van der Waals surface area contributed by atoms with Crippen molar-refractivity contribution in [1.82, 2.24) is 14.8 Å². The fourth-order valence-corrected chi connectivity index (χ4v) is 2.36. The van der Waals surface area contributed by atoms with E-state index in [0.717, 1.165) is 11.6 Å². The highest BCUT2D eigenvalue weighted by Crippen LogP contribution is 2.18. The van der Waals surface area contributed by atoms with Crippen LogP contribution in [0.1, 0.15) is 37.1 Å². The Morgan fingerprint density at radius 1 is 1.22 bits per heavy atom.